The summed E-state index contributed by atoms with van der Waals surface area (Å²) in [4.78, 5) is 13.4. The van der Waals surface area contributed by atoms with Gasteiger partial charge in [-0.05, 0) is 18.8 Å². The largest absolute Gasteiger partial charge is 0.321 e. The molecule has 17 heavy (non-hydrogen) atoms. The lowest BCUT2D eigenvalue weighted by molar-refractivity contribution is 0.212. The number of carbonyl (C=O) groups is 1. The van der Waals surface area contributed by atoms with Crippen LogP contribution < -0.4 is 5.32 Å². The minimum absolute atomic E-state index is 0.0981. The summed E-state index contributed by atoms with van der Waals surface area (Å²) in [5, 5.41) is 2.79. The van der Waals surface area contributed by atoms with Crippen molar-refractivity contribution in [3.05, 3.63) is 37.6 Å². The molecule has 3 heteroatoms. The second-order valence-corrected chi connectivity index (χ2v) is 4.34. The van der Waals surface area contributed by atoms with Crippen LogP contribution in [0, 0.1) is 5.92 Å². The molecule has 0 unspecified atom stereocenters. The van der Waals surface area contributed by atoms with Gasteiger partial charge in [-0.2, -0.15) is 0 Å². The molecular weight excluding hydrogens is 212 g/mol. The van der Waals surface area contributed by atoms with E-state index in [1.54, 1.807) is 23.3 Å². The maximum Gasteiger partial charge on any atom is 0.321 e. The Morgan fingerprint density at radius 1 is 1.24 bits per heavy atom. The van der Waals surface area contributed by atoms with E-state index >= 15 is 0 Å². The second kappa shape index (κ2) is 7.71. The second-order valence-electron chi connectivity index (χ2n) is 4.34. The van der Waals surface area contributed by atoms with Gasteiger partial charge in [-0.25, -0.2) is 4.79 Å². The molecule has 1 aliphatic rings. The number of hydrogen-bond acceptors (Lipinski definition) is 1. The van der Waals surface area contributed by atoms with E-state index in [9.17, 15) is 4.79 Å². The van der Waals surface area contributed by atoms with E-state index in [0.717, 1.165) is 0 Å². The zero-order valence-corrected chi connectivity index (χ0v) is 10.4. The normalized spacial score (nSPS) is 16.0. The molecule has 1 N–H and O–H groups in total. The molecule has 0 aromatic carbocycles. The molecule has 0 heterocycles. The molecule has 0 aromatic rings. The number of carbonyl (C=O) groups excluding carboxylic acids is 1. The van der Waals surface area contributed by atoms with Gasteiger partial charge in [-0.1, -0.05) is 31.1 Å². The highest BCUT2D eigenvalue weighted by atomic mass is 16.2. The molecule has 3 nitrogen and oxygen atoms in total. The molecule has 0 spiro atoms. The summed E-state index contributed by atoms with van der Waals surface area (Å²) in [7, 11) is 0. The maximum atomic E-state index is 11.8. The van der Waals surface area contributed by atoms with Crippen molar-refractivity contribution in [2.24, 2.45) is 5.92 Å². The topological polar surface area (TPSA) is 32.3 Å². The smallest absolute Gasteiger partial charge is 0.317 e. The Morgan fingerprint density at radius 3 is 2.35 bits per heavy atom. The lowest BCUT2D eigenvalue weighted by Gasteiger charge is -2.18. The fourth-order valence-electron chi connectivity index (χ4n) is 2.05. The molecule has 1 saturated carbocycles. The van der Waals surface area contributed by atoms with E-state index in [-0.39, 0.29) is 6.03 Å². The molecule has 0 radical (unpaired) electrons. The first kappa shape index (κ1) is 13.6. The van der Waals surface area contributed by atoms with Crippen molar-refractivity contribution < 1.29 is 4.79 Å². The number of nitrogens with zero attached hydrogens (tertiary/aromatic N) is 1. The van der Waals surface area contributed by atoms with Gasteiger partial charge < -0.3 is 10.2 Å². The van der Waals surface area contributed by atoms with Crippen LogP contribution in [0.1, 0.15) is 25.7 Å². The van der Waals surface area contributed by atoms with Gasteiger partial charge in [-0.15, -0.1) is 13.2 Å². The Kier molecular flexibility index (Phi) is 6.15. The molecule has 0 bridgehead atoms. The van der Waals surface area contributed by atoms with Gasteiger partial charge in [0.05, 0.1) is 0 Å². The third-order valence-corrected chi connectivity index (χ3v) is 2.96. The molecule has 0 atom stereocenters. The Bertz CT molecular complexity index is 281. The van der Waals surface area contributed by atoms with Crippen LogP contribution in [-0.4, -0.2) is 24.0 Å². The van der Waals surface area contributed by atoms with Crippen molar-refractivity contribution in [3.63, 3.8) is 0 Å². The van der Waals surface area contributed by atoms with Gasteiger partial charge in [0.1, 0.15) is 0 Å². The fraction of sp³-hybridized carbons (Fsp3) is 0.500. The molecule has 1 fully saturated rings. The van der Waals surface area contributed by atoms with Gasteiger partial charge >= 0.3 is 6.03 Å². The van der Waals surface area contributed by atoms with Gasteiger partial charge in [0.25, 0.3) is 0 Å². The summed E-state index contributed by atoms with van der Waals surface area (Å²) in [6.07, 6.45) is 12.4. The predicted molar refractivity (Wildman–Crippen MR) is 71.6 cm³/mol. The Balaban J connectivity index is 2.34. The average Bonchev–Trinajstić information content (AvgIpc) is 2.81. The highest BCUT2D eigenvalue weighted by Crippen LogP contribution is 2.25. The quantitative estimate of drug-likeness (QED) is 0.704. The number of urea groups is 1. The number of rotatable bonds is 6. The summed E-state index contributed by atoms with van der Waals surface area (Å²) >= 11 is 0. The SMILES string of the molecule is C=CCN(CC=C)C(=O)N/C=C/C1CCCC1. The van der Waals surface area contributed by atoms with Crippen LogP contribution in [0.5, 0.6) is 0 Å². The molecule has 0 aliphatic heterocycles. The molecule has 0 saturated heterocycles. The van der Waals surface area contributed by atoms with Gasteiger partial charge in [0.15, 0.2) is 0 Å². The predicted octanol–water partition coefficient (Wildman–Crippen LogP) is 3.07. The van der Waals surface area contributed by atoms with E-state index in [1.165, 1.54) is 25.7 Å². The Hall–Kier alpha value is -1.51. The summed E-state index contributed by atoms with van der Waals surface area (Å²) in [6.45, 7) is 8.34. The monoisotopic (exact) mass is 234 g/mol. The number of allylic oxidation sites excluding steroid dienone is 1. The van der Waals surface area contributed by atoms with Crippen molar-refractivity contribution >= 4 is 6.03 Å². The minimum atomic E-state index is -0.0981. The van der Waals surface area contributed by atoms with Gasteiger partial charge in [0, 0.05) is 19.3 Å². The maximum absolute atomic E-state index is 11.8. The van der Waals surface area contributed by atoms with Crippen LogP contribution in [0.15, 0.2) is 37.6 Å². The van der Waals surface area contributed by atoms with Gasteiger partial charge in [0.2, 0.25) is 0 Å². The van der Waals surface area contributed by atoms with Crippen molar-refractivity contribution in [1.82, 2.24) is 10.2 Å². The summed E-state index contributed by atoms with van der Waals surface area (Å²) in [6, 6.07) is -0.0981. The average molecular weight is 234 g/mol. The molecule has 0 aromatic heterocycles. The van der Waals surface area contributed by atoms with Crippen LogP contribution in [0.4, 0.5) is 4.79 Å². The molecule has 2 amide bonds. The summed E-state index contributed by atoms with van der Waals surface area (Å²) < 4.78 is 0. The number of nitrogens with one attached hydrogen (secondary N) is 1. The van der Waals surface area contributed by atoms with E-state index < -0.39 is 0 Å². The first-order valence-corrected chi connectivity index (χ1v) is 6.22. The third-order valence-electron chi connectivity index (χ3n) is 2.96. The first-order chi connectivity index (χ1) is 8.27. The van der Waals surface area contributed by atoms with E-state index in [2.05, 4.69) is 24.6 Å². The van der Waals surface area contributed by atoms with Crippen molar-refractivity contribution in [1.29, 1.82) is 0 Å². The number of hydrogen-bond donors (Lipinski definition) is 1. The van der Waals surface area contributed by atoms with Crippen LogP contribution >= 0.6 is 0 Å². The Morgan fingerprint density at radius 2 is 1.82 bits per heavy atom. The Labute approximate surface area is 104 Å². The van der Waals surface area contributed by atoms with E-state index in [0.29, 0.717) is 19.0 Å². The van der Waals surface area contributed by atoms with Crippen LogP contribution in [0.25, 0.3) is 0 Å². The number of amides is 2. The third kappa shape index (κ3) is 4.89. The van der Waals surface area contributed by atoms with Crippen molar-refractivity contribution in [3.8, 4) is 0 Å². The molecule has 1 aliphatic carbocycles. The standard InChI is InChI=1S/C14H22N2O/c1-3-11-16(12-4-2)14(17)15-10-9-13-7-5-6-8-13/h3-4,9-10,13H,1-2,5-8,11-12H2,(H,15,17)/b10-9+. The molecule has 1 rings (SSSR count). The highest BCUT2D eigenvalue weighted by Gasteiger charge is 2.12. The summed E-state index contributed by atoms with van der Waals surface area (Å²) in [5.74, 6) is 0.641. The van der Waals surface area contributed by atoms with E-state index in [1.807, 2.05) is 0 Å². The van der Waals surface area contributed by atoms with E-state index in [4.69, 9.17) is 0 Å². The van der Waals surface area contributed by atoms with Gasteiger partial charge in [-0.3, -0.25) is 0 Å². The zero-order valence-electron chi connectivity index (χ0n) is 10.4. The molecule has 94 valence electrons. The minimum Gasteiger partial charge on any atom is -0.317 e. The van der Waals surface area contributed by atoms with Crippen molar-refractivity contribution in [2.45, 2.75) is 25.7 Å². The molecular formula is C14H22N2O. The zero-order chi connectivity index (χ0) is 12.5. The summed E-state index contributed by atoms with van der Waals surface area (Å²) in [5.41, 5.74) is 0. The van der Waals surface area contributed by atoms with Crippen LogP contribution in [-0.2, 0) is 0 Å². The lowest BCUT2D eigenvalue weighted by atomic mass is 10.1. The van der Waals surface area contributed by atoms with Crippen LogP contribution in [0.3, 0.4) is 0 Å². The van der Waals surface area contributed by atoms with Crippen molar-refractivity contribution in [2.75, 3.05) is 13.1 Å². The lowest BCUT2D eigenvalue weighted by Crippen LogP contribution is -2.37. The fourth-order valence-corrected chi connectivity index (χ4v) is 2.05. The highest BCUT2D eigenvalue weighted by molar-refractivity contribution is 5.75. The first-order valence-electron chi connectivity index (χ1n) is 6.22. The van der Waals surface area contributed by atoms with Crippen LogP contribution in [0.2, 0.25) is 0 Å².